The van der Waals surface area contributed by atoms with E-state index < -0.39 is 0 Å². The second-order valence-corrected chi connectivity index (χ2v) is 6.56. The van der Waals surface area contributed by atoms with Crippen molar-refractivity contribution in [1.29, 1.82) is 0 Å². The van der Waals surface area contributed by atoms with Crippen molar-refractivity contribution < 1.29 is 5.11 Å². The Bertz CT molecular complexity index is 785. The van der Waals surface area contributed by atoms with Crippen LogP contribution in [0.4, 0.5) is 5.69 Å². The van der Waals surface area contributed by atoms with Gasteiger partial charge < -0.3 is 10.0 Å². The zero-order valence-corrected chi connectivity index (χ0v) is 14.3. The van der Waals surface area contributed by atoms with Crippen molar-refractivity contribution in [3.05, 3.63) is 78.1 Å². The normalized spacial score (nSPS) is 20.7. The number of benzene rings is 2. The van der Waals surface area contributed by atoms with Crippen molar-refractivity contribution >= 4 is 11.4 Å². The van der Waals surface area contributed by atoms with E-state index in [-0.39, 0.29) is 0 Å². The summed E-state index contributed by atoms with van der Waals surface area (Å²) in [5.74, 6) is 0. The highest BCUT2D eigenvalue weighted by molar-refractivity contribution is 6.16. The smallest absolute Gasteiger partial charge is 0.0764 e. The molecule has 2 aliphatic heterocycles. The Morgan fingerprint density at radius 3 is 2.68 bits per heavy atom. The average molecular weight is 333 g/mol. The molecule has 128 valence electrons. The lowest BCUT2D eigenvalue weighted by Gasteiger charge is -2.41. The Morgan fingerprint density at radius 1 is 1.04 bits per heavy atom. The molecule has 0 saturated carbocycles. The summed E-state index contributed by atoms with van der Waals surface area (Å²) in [6.07, 6.45) is 2.94. The maximum absolute atomic E-state index is 8.93. The van der Waals surface area contributed by atoms with Gasteiger partial charge in [-0.2, -0.15) is 0 Å². The second-order valence-electron chi connectivity index (χ2n) is 6.56. The van der Waals surface area contributed by atoms with Crippen LogP contribution in [0.15, 0.2) is 71.9 Å². The summed E-state index contributed by atoms with van der Waals surface area (Å²) in [5, 5.41) is 8.93. The largest absolute Gasteiger partial charge is 0.516 e. The Labute approximate surface area is 148 Å². The number of piperazine rings is 1. The van der Waals surface area contributed by atoms with Crippen LogP contribution in [0.25, 0.3) is 0 Å². The SMILES string of the molecule is OC=CCN1CCN2c3ccccc3C(c3ccccc3)=NCC2C1. The van der Waals surface area contributed by atoms with E-state index in [1.165, 1.54) is 16.8 Å². The van der Waals surface area contributed by atoms with E-state index in [2.05, 4.69) is 58.3 Å². The lowest BCUT2D eigenvalue weighted by molar-refractivity contribution is 0.245. The molecule has 2 aromatic rings. The Balaban J connectivity index is 1.70. The first kappa shape index (κ1) is 15.9. The van der Waals surface area contributed by atoms with Crippen LogP contribution in [0, 0.1) is 0 Å². The molecule has 4 rings (SSSR count). The molecule has 0 spiro atoms. The van der Waals surface area contributed by atoms with Crippen molar-refractivity contribution in [1.82, 2.24) is 4.90 Å². The molecule has 0 radical (unpaired) electrons. The quantitative estimate of drug-likeness (QED) is 0.877. The van der Waals surface area contributed by atoms with Crippen LogP contribution in [-0.2, 0) is 0 Å². The first-order valence-electron chi connectivity index (χ1n) is 8.84. The third-order valence-corrected chi connectivity index (χ3v) is 5.01. The fourth-order valence-corrected chi connectivity index (χ4v) is 3.80. The second kappa shape index (κ2) is 7.11. The summed E-state index contributed by atoms with van der Waals surface area (Å²) >= 11 is 0. The lowest BCUT2D eigenvalue weighted by atomic mass is 10.00. The first-order valence-corrected chi connectivity index (χ1v) is 8.84. The molecule has 0 amide bonds. The topological polar surface area (TPSA) is 39.1 Å². The number of hydrogen-bond acceptors (Lipinski definition) is 4. The number of nitrogens with zero attached hydrogens (tertiary/aromatic N) is 3. The van der Waals surface area contributed by atoms with E-state index >= 15 is 0 Å². The number of aliphatic hydroxyl groups excluding tert-OH is 1. The minimum atomic E-state index is 0.364. The van der Waals surface area contributed by atoms with E-state index in [4.69, 9.17) is 10.1 Å². The van der Waals surface area contributed by atoms with Crippen LogP contribution in [0.3, 0.4) is 0 Å². The minimum absolute atomic E-state index is 0.364. The van der Waals surface area contributed by atoms with E-state index in [9.17, 15) is 0 Å². The fourth-order valence-electron chi connectivity index (χ4n) is 3.80. The number of para-hydroxylation sites is 1. The molecule has 1 N–H and O–H groups in total. The molecule has 2 heterocycles. The van der Waals surface area contributed by atoms with E-state index in [1.807, 2.05) is 6.07 Å². The Kier molecular flexibility index (Phi) is 4.53. The number of aliphatic imine (C=N–C) groups is 1. The summed E-state index contributed by atoms with van der Waals surface area (Å²) in [6.45, 7) is 4.52. The Morgan fingerprint density at radius 2 is 1.84 bits per heavy atom. The third-order valence-electron chi connectivity index (χ3n) is 5.01. The van der Waals surface area contributed by atoms with Crippen LogP contribution in [0.1, 0.15) is 11.1 Å². The van der Waals surface area contributed by atoms with Crippen LogP contribution in [-0.4, -0.2) is 54.5 Å². The highest BCUT2D eigenvalue weighted by Gasteiger charge is 2.31. The molecule has 1 fully saturated rings. The predicted octanol–water partition coefficient (Wildman–Crippen LogP) is 3.10. The summed E-state index contributed by atoms with van der Waals surface area (Å²) in [6, 6.07) is 19.4. The molecule has 2 aromatic carbocycles. The molecule has 1 saturated heterocycles. The van der Waals surface area contributed by atoms with Gasteiger partial charge in [0.15, 0.2) is 0 Å². The van der Waals surface area contributed by atoms with Gasteiger partial charge in [0.05, 0.1) is 24.6 Å². The number of aliphatic hydroxyl groups is 1. The highest BCUT2D eigenvalue weighted by Crippen LogP contribution is 2.30. The molecule has 0 bridgehead atoms. The van der Waals surface area contributed by atoms with Crippen LogP contribution in [0.2, 0.25) is 0 Å². The van der Waals surface area contributed by atoms with E-state index in [0.29, 0.717) is 6.04 Å². The van der Waals surface area contributed by atoms with E-state index in [0.717, 1.165) is 44.7 Å². The van der Waals surface area contributed by atoms with Crippen molar-refractivity contribution in [2.45, 2.75) is 6.04 Å². The van der Waals surface area contributed by atoms with Gasteiger partial charge in [-0.1, -0.05) is 48.5 Å². The molecule has 1 atom stereocenters. The molecule has 1 unspecified atom stereocenters. The maximum atomic E-state index is 8.93. The van der Waals surface area contributed by atoms with Gasteiger partial charge in [0, 0.05) is 43.0 Å². The van der Waals surface area contributed by atoms with Crippen LogP contribution < -0.4 is 4.90 Å². The van der Waals surface area contributed by atoms with Crippen molar-refractivity contribution in [3.8, 4) is 0 Å². The lowest BCUT2D eigenvalue weighted by Crippen LogP contribution is -2.54. The summed E-state index contributed by atoms with van der Waals surface area (Å²) < 4.78 is 0. The van der Waals surface area contributed by atoms with Gasteiger partial charge in [-0.3, -0.25) is 9.89 Å². The predicted molar refractivity (Wildman–Crippen MR) is 103 cm³/mol. The molecule has 4 nitrogen and oxygen atoms in total. The molecule has 25 heavy (non-hydrogen) atoms. The first-order chi connectivity index (χ1) is 12.4. The van der Waals surface area contributed by atoms with Gasteiger partial charge in [0.25, 0.3) is 0 Å². The van der Waals surface area contributed by atoms with Crippen molar-refractivity contribution in [3.63, 3.8) is 0 Å². The number of anilines is 1. The van der Waals surface area contributed by atoms with E-state index in [1.54, 1.807) is 6.08 Å². The van der Waals surface area contributed by atoms with Gasteiger partial charge in [-0.25, -0.2) is 0 Å². The maximum Gasteiger partial charge on any atom is 0.0764 e. The van der Waals surface area contributed by atoms with Crippen molar-refractivity contribution in [2.75, 3.05) is 37.6 Å². The summed E-state index contributed by atoms with van der Waals surface area (Å²) in [7, 11) is 0. The molecular weight excluding hydrogens is 310 g/mol. The monoisotopic (exact) mass is 333 g/mol. The fraction of sp³-hybridized carbons (Fsp3) is 0.286. The average Bonchev–Trinajstić information content (AvgIpc) is 2.84. The van der Waals surface area contributed by atoms with Gasteiger partial charge in [-0.05, 0) is 12.1 Å². The third kappa shape index (κ3) is 3.17. The summed E-state index contributed by atoms with van der Waals surface area (Å²) in [5.41, 5.74) is 4.77. The summed E-state index contributed by atoms with van der Waals surface area (Å²) in [4.78, 5) is 9.90. The Hall–Kier alpha value is -2.59. The van der Waals surface area contributed by atoms with Gasteiger partial charge in [0.2, 0.25) is 0 Å². The highest BCUT2D eigenvalue weighted by atomic mass is 16.2. The molecule has 0 aliphatic carbocycles. The molecule has 0 aromatic heterocycles. The zero-order valence-electron chi connectivity index (χ0n) is 14.3. The number of rotatable bonds is 3. The van der Waals surface area contributed by atoms with Gasteiger partial charge in [0.1, 0.15) is 0 Å². The molecule has 4 heteroatoms. The number of fused-ring (bicyclic) bond motifs is 3. The standard InChI is InChI=1S/C21H23N3O/c25-14-6-11-23-12-13-24-18(16-23)15-22-21(17-7-2-1-3-8-17)19-9-4-5-10-20(19)24/h1-10,14,18,25H,11-13,15-16H2. The zero-order chi connectivity index (χ0) is 17.1. The van der Waals surface area contributed by atoms with Crippen LogP contribution >= 0.6 is 0 Å². The van der Waals surface area contributed by atoms with Crippen molar-refractivity contribution in [2.24, 2.45) is 4.99 Å². The van der Waals surface area contributed by atoms with Gasteiger partial charge >= 0.3 is 0 Å². The minimum Gasteiger partial charge on any atom is -0.516 e. The molecule has 2 aliphatic rings. The number of hydrogen-bond donors (Lipinski definition) is 1. The molecular formula is C21H23N3O. The van der Waals surface area contributed by atoms with Gasteiger partial charge in [-0.15, -0.1) is 0 Å². The van der Waals surface area contributed by atoms with Crippen LogP contribution in [0.5, 0.6) is 0 Å².